The molecule has 0 atom stereocenters. The van der Waals surface area contributed by atoms with Crippen molar-refractivity contribution < 1.29 is 9.53 Å². The van der Waals surface area contributed by atoms with E-state index < -0.39 is 5.91 Å². The molecule has 0 saturated heterocycles. The van der Waals surface area contributed by atoms with Crippen LogP contribution in [-0.2, 0) is 0 Å². The molecular formula is C21H18ClN5O3. The number of aryl methyl sites for hydroxylation is 1. The lowest BCUT2D eigenvalue weighted by molar-refractivity contribution is 0.102. The Bertz CT molecular complexity index is 1280. The summed E-state index contributed by atoms with van der Waals surface area (Å²) in [6, 6.07) is 15.3. The van der Waals surface area contributed by atoms with E-state index >= 15 is 0 Å². The molecule has 2 heterocycles. The van der Waals surface area contributed by atoms with Gasteiger partial charge in [0.15, 0.2) is 5.65 Å². The highest BCUT2D eigenvalue weighted by Gasteiger charge is 2.22. The standard InChI is InChI=1S/C21H18ClN5O3/c1-12-11-17(28)27-20(23-12)18(21(29)25-15-5-3-13(22)4-6-15)19(26-27)24-14-7-9-16(30-2)10-8-14/h3-11,24,26H,1-2H3,(H,25,29). The number of nitrogens with one attached hydrogen (secondary N) is 3. The van der Waals surface area contributed by atoms with Gasteiger partial charge in [0, 0.05) is 28.2 Å². The smallest absolute Gasteiger partial charge is 0.272 e. The lowest BCUT2D eigenvalue weighted by Crippen LogP contribution is -2.17. The van der Waals surface area contributed by atoms with Gasteiger partial charge in [-0.1, -0.05) is 11.6 Å². The van der Waals surface area contributed by atoms with Gasteiger partial charge in [-0.15, -0.1) is 0 Å². The summed E-state index contributed by atoms with van der Waals surface area (Å²) in [5, 5.41) is 9.45. The van der Waals surface area contributed by atoms with Crippen molar-refractivity contribution in [2.24, 2.45) is 0 Å². The molecule has 0 aliphatic heterocycles. The number of hydrogen-bond donors (Lipinski definition) is 3. The Kier molecular flexibility index (Phi) is 5.16. The van der Waals surface area contributed by atoms with Crippen LogP contribution in [0.15, 0.2) is 59.4 Å². The number of benzene rings is 2. The fourth-order valence-corrected chi connectivity index (χ4v) is 3.13. The minimum absolute atomic E-state index is 0.210. The Morgan fingerprint density at radius 2 is 1.77 bits per heavy atom. The fourth-order valence-electron chi connectivity index (χ4n) is 3.00. The number of anilines is 3. The zero-order valence-electron chi connectivity index (χ0n) is 16.2. The predicted molar refractivity (Wildman–Crippen MR) is 116 cm³/mol. The quantitative estimate of drug-likeness (QED) is 0.450. The van der Waals surface area contributed by atoms with Gasteiger partial charge in [0.25, 0.3) is 11.5 Å². The van der Waals surface area contributed by atoms with Crippen LogP contribution in [-0.4, -0.2) is 27.6 Å². The zero-order chi connectivity index (χ0) is 21.3. The first-order chi connectivity index (χ1) is 14.4. The Balaban J connectivity index is 1.78. The van der Waals surface area contributed by atoms with Crippen LogP contribution in [0.3, 0.4) is 0 Å². The summed E-state index contributed by atoms with van der Waals surface area (Å²) in [6.45, 7) is 1.70. The fraction of sp³-hybridized carbons (Fsp3) is 0.0952. The van der Waals surface area contributed by atoms with E-state index in [4.69, 9.17) is 16.3 Å². The summed E-state index contributed by atoms with van der Waals surface area (Å²) in [4.78, 5) is 29.9. The molecule has 4 aromatic rings. The van der Waals surface area contributed by atoms with E-state index in [0.29, 0.717) is 33.7 Å². The minimum Gasteiger partial charge on any atom is -0.497 e. The maximum Gasteiger partial charge on any atom is 0.272 e. The molecule has 3 N–H and O–H groups in total. The van der Waals surface area contributed by atoms with Crippen LogP contribution in [0.1, 0.15) is 16.1 Å². The first-order valence-corrected chi connectivity index (χ1v) is 9.43. The predicted octanol–water partition coefficient (Wildman–Crippen LogP) is 3.99. The van der Waals surface area contributed by atoms with Gasteiger partial charge in [-0.25, -0.2) is 4.98 Å². The summed E-state index contributed by atoms with van der Waals surface area (Å²) in [6.07, 6.45) is 0. The maximum absolute atomic E-state index is 13.1. The lowest BCUT2D eigenvalue weighted by atomic mass is 10.2. The topological polar surface area (TPSA) is 101 Å². The van der Waals surface area contributed by atoms with Crippen molar-refractivity contribution in [2.45, 2.75) is 6.92 Å². The molecule has 2 aromatic heterocycles. The average Bonchev–Trinajstić information content (AvgIpc) is 3.08. The molecule has 0 radical (unpaired) electrons. The van der Waals surface area contributed by atoms with E-state index in [1.54, 1.807) is 62.6 Å². The van der Waals surface area contributed by atoms with Crippen LogP contribution in [0.5, 0.6) is 5.75 Å². The number of aromatic amines is 1. The van der Waals surface area contributed by atoms with Gasteiger partial charge in [-0.2, -0.15) is 4.52 Å². The van der Waals surface area contributed by atoms with Crippen molar-refractivity contribution in [2.75, 3.05) is 17.7 Å². The number of aromatic nitrogens is 3. The summed E-state index contributed by atoms with van der Waals surface area (Å²) >= 11 is 5.91. The second kappa shape index (κ2) is 7.92. The Morgan fingerprint density at radius 3 is 2.43 bits per heavy atom. The summed E-state index contributed by atoms with van der Waals surface area (Å²) in [5.41, 5.74) is 1.89. The van der Waals surface area contributed by atoms with Crippen LogP contribution in [0.4, 0.5) is 17.2 Å². The van der Waals surface area contributed by atoms with E-state index in [1.807, 2.05) is 0 Å². The summed E-state index contributed by atoms with van der Waals surface area (Å²) < 4.78 is 6.40. The molecule has 4 rings (SSSR count). The highest BCUT2D eigenvalue weighted by atomic mass is 35.5. The van der Waals surface area contributed by atoms with Gasteiger partial charge in [0.1, 0.15) is 17.1 Å². The van der Waals surface area contributed by atoms with Crippen molar-refractivity contribution in [3.63, 3.8) is 0 Å². The van der Waals surface area contributed by atoms with Crippen LogP contribution in [0, 0.1) is 6.92 Å². The normalized spacial score (nSPS) is 10.8. The van der Waals surface area contributed by atoms with Gasteiger partial charge in [-0.05, 0) is 55.5 Å². The number of nitrogens with zero attached hydrogens (tertiary/aromatic N) is 2. The van der Waals surface area contributed by atoms with Crippen LogP contribution in [0.2, 0.25) is 5.02 Å². The number of fused-ring (bicyclic) bond motifs is 1. The highest BCUT2D eigenvalue weighted by Crippen LogP contribution is 2.25. The van der Waals surface area contributed by atoms with Gasteiger partial charge < -0.3 is 15.4 Å². The number of rotatable bonds is 5. The van der Waals surface area contributed by atoms with E-state index in [9.17, 15) is 9.59 Å². The minimum atomic E-state index is -0.426. The number of amides is 1. The molecule has 152 valence electrons. The van der Waals surface area contributed by atoms with E-state index in [1.165, 1.54) is 10.6 Å². The van der Waals surface area contributed by atoms with Gasteiger partial charge in [-0.3, -0.25) is 14.7 Å². The number of carbonyl (C=O) groups is 1. The Labute approximate surface area is 176 Å². The van der Waals surface area contributed by atoms with Crippen molar-refractivity contribution in [1.82, 2.24) is 14.6 Å². The number of halogens is 1. The lowest BCUT2D eigenvalue weighted by Gasteiger charge is -2.09. The number of H-pyrrole nitrogens is 1. The Hall–Kier alpha value is -3.78. The largest absolute Gasteiger partial charge is 0.497 e. The molecule has 0 spiro atoms. The number of methoxy groups -OCH3 is 1. The highest BCUT2D eigenvalue weighted by molar-refractivity contribution is 6.30. The van der Waals surface area contributed by atoms with Crippen LogP contribution < -0.4 is 20.9 Å². The average molecular weight is 424 g/mol. The van der Waals surface area contributed by atoms with Crippen molar-refractivity contribution in [3.8, 4) is 5.75 Å². The molecule has 0 aliphatic carbocycles. The van der Waals surface area contributed by atoms with E-state index in [2.05, 4.69) is 20.7 Å². The molecule has 2 aromatic carbocycles. The molecule has 0 unspecified atom stereocenters. The van der Waals surface area contributed by atoms with E-state index in [-0.39, 0.29) is 16.8 Å². The van der Waals surface area contributed by atoms with Crippen molar-refractivity contribution in [3.05, 3.63) is 81.2 Å². The summed E-state index contributed by atoms with van der Waals surface area (Å²) in [7, 11) is 1.58. The van der Waals surface area contributed by atoms with Crippen molar-refractivity contribution in [1.29, 1.82) is 0 Å². The molecule has 1 amide bonds. The third-order valence-corrected chi connectivity index (χ3v) is 4.68. The third-order valence-electron chi connectivity index (χ3n) is 4.43. The molecule has 0 bridgehead atoms. The second-order valence-corrected chi connectivity index (χ2v) is 7.01. The molecular weight excluding hydrogens is 406 g/mol. The van der Waals surface area contributed by atoms with Crippen molar-refractivity contribution >= 4 is 40.3 Å². The third kappa shape index (κ3) is 3.85. The molecule has 0 saturated carbocycles. The SMILES string of the molecule is COc1ccc(Nc2[nH]n3c(=O)cc(C)nc3c2C(=O)Nc2ccc(Cl)cc2)cc1. The monoisotopic (exact) mass is 423 g/mol. The molecule has 0 aliphatic rings. The maximum atomic E-state index is 13.1. The summed E-state index contributed by atoms with van der Waals surface area (Å²) in [5.74, 6) is 0.609. The van der Waals surface area contributed by atoms with Gasteiger partial charge in [0.2, 0.25) is 0 Å². The van der Waals surface area contributed by atoms with Gasteiger partial charge >= 0.3 is 0 Å². The zero-order valence-corrected chi connectivity index (χ0v) is 16.9. The number of hydrogen-bond acceptors (Lipinski definition) is 5. The first kappa shape index (κ1) is 19.5. The van der Waals surface area contributed by atoms with Gasteiger partial charge in [0.05, 0.1) is 7.11 Å². The van der Waals surface area contributed by atoms with Crippen LogP contribution >= 0.6 is 11.6 Å². The molecule has 9 heteroatoms. The number of ether oxygens (including phenoxy) is 1. The second-order valence-electron chi connectivity index (χ2n) is 6.57. The van der Waals surface area contributed by atoms with E-state index in [0.717, 1.165) is 0 Å². The molecule has 8 nitrogen and oxygen atoms in total. The molecule has 0 fully saturated rings. The first-order valence-electron chi connectivity index (χ1n) is 9.05. The Morgan fingerprint density at radius 1 is 1.10 bits per heavy atom. The van der Waals surface area contributed by atoms with Crippen LogP contribution in [0.25, 0.3) is 5.65 Å². The molecule has 30 heavy (non-hydrogen) atoms. The number of carbonyl (C=O) groups excluding carboxylic acids is 1.